The summed E-state index contributed by atoms with van der Waals surface area (Å²) in [5, 5.41) is 0. The van der Waals surface area contributed by atoms with E-state index in [9.17, 15) is 0 Å². The molecule has 0 fully saturated rings. The number of hydrogen-bond acceptors (Lipinski definition) is 2. The van der Waals surface area contributed by atoms with Crippen molar-refractivity contribution in [3.63, 3.8) is 0 Å². The fraction of sp³-hybridized carbons (Fsp3) is 0.636. The van der Waals surface area contributed by atoms with E-state index in [0.717, 1.165) is 24.3 Å². The lowest BCUT2D eigenvalue weighted by Gasteiger charge is -2.18. The van der Waals surface area contributed by atoms with Crippen LogP contribution in [-0.2, 0) is 4.74 Å². The van der Waals surface area contributed by atoms with E-state index in [1.165, 1.54) is 0 Å². The van der Waals surface area contributed by atoms with Gasteiger partial charge in [0.25, 0.3) is 0 Å². The molecule has 2 unspecified atom stereocenters. The zero-order valence-electron chi connectivity index (χ0n) is 8.71. The summed E-state index contributed by atoms with van der Waals surface area (Å²) < 4.78 is 5.29. The molecule has 2 heteroatoms. The maximum atomic E-state index is 5.86. The van der Waals surface area contributed by atoms with Crippen molar-refractivity contribution in [2.45, 2.75) is 26.7 Å². The highest BCUT2D eigenvalue weighted by Crippen LogP contribution is 2.23. The fourth-order valence-electron chi connectivity index (χ4n) is 1.78. The third-order valence-electron chi connectivity index (χ3n) is 2.32. The Bertz CT molecular complexity index is 230. The topological polar surface area (TPSA) is 35.2 Å². The van der Waals surface area contributed by atoms with Crippen LogP contribution in [0, 0.1) is 11.8 Å². The van der Waals surface area contributed by atoms with E-state index in [2.05, 4.69) is 26.0 Å². The zero-order chi connectivity index (χ0) is 9.84. The third kappa shape index (κ3) is 3.13. The molecule has 74 valence electrons. The average Bonchev–Trinajstić information content (AvgIpc) is 1.99. The highest BCUT2D eigenvalue weighted by atomic mass is 16.5. The van der Waals surface area contributed by atoms with Crippen LogP contribution in [0.25, 0.3) is 0 Å². The first-order valence-electron chi connectivity index (χ1n) is 4.82. The van der Waals surface area contributed by atoms with Gasteiger partial charge in [0.1, 0.15) is 0 Å². The molecule has 0 aromatic carbocycles. The maximum absolute atomic E-state index is 5.86. The van der Waals surface area contributed by atoms with E-state index < -0.39 is 0 Å². The maximum Gasteiger partial charge on any atom is 0.0924 e. The summed E-state index contributed by atoms with van der Waals surface area (Å²) in [6.45, 7) is 4.32. The van der Waals surface area contributed by atoms with Gasteiger partial charge in [0.05, 0.1) is 12.9 Å². The van der Waals surface area contributed by atoms with Gasteiger partial charge in [0, 0.05) is 12.1 Å². The minimum Gasteiger partial charge on any atom is -0.501 e. The van der Waals surface area contributed by atoms with Crippen molar-refractivity contribution in [1.82, 2.24) is 0 Å². The van der Waals surface area contributed by atoms with Crippen LogP contribution in [0.1, 0.15) is 26.7 Å². The van der Waals surface area contributed by atoms with Crippen LogP contribution in [0.4, 0.5) is 0 Å². The van der Waals surface area contributed by atoms with Crippen molar-refractivity contribution in [2.24, 2.45) is 17.6 Å². The smallest absolute Gasteiger partial charge is 0.0924 e. The van der Waals surface area contributed by atoms with Crippen LogP contribution in [0.5, 0.6) is 0 Å². The lowest BCUT2D eigenvalue weighted by molar-refractivity contribution is 0.257. The molecule has 13 heavy (non-hydrogen) atoms. The Hall–Kier alpha value is -0.920. The SMILES string of the molecule is COC1=CC(C)C=C(N)CC(C)C1. The monoisotopic (exact) mass is 181 g/mol. The summed E-state index contributed by atoms with van der Waals surface area (Å²) in [7, 11) is 1.74. The quantitative estimate of drug-likeness (QED) is 0.674. The summed E-state index contributed by atoms with van der Waals surface area (Å²) in [6.07, 6.45) is 6.22. The summed E-state index contributed by atoms with van der Waals surface area (Å²) in [5.74, 6) is 2.06. The predicted octanol–water partition coefficient (Wildman–Crippen LogP) is 2.43. The molecule has 2 atom stereocenters. The largest absolute Gasteiger partial charge is 0.501 e. The second-order valence-electron chi connectivity index (χ2n) is 3.95. The Kier molecular flexibility index (Phi) is 3.40. The number of hydrogen-bond donors (Lipinski definition) is 1. The molecule has 0 bridgehead atoms. The molecular formula is C11H19NO. The molecule has 1 rings (SSSR count). The summed E-state index contributed by atoms with van der Waals surface area (Å²) >= 11 is 0. The van der Waals surface area contributed by atoms with Gasteiger partial charge < -0.3 is 10.5 Å². The molecule has 0 radical (unpaired) electrons. The number of ether oxygens (including phenoxy) is 1. The van der Waals surface area contributed by atoms with Crippen LogP contribution in [0.15, 0.2) is 23.6 Å². The van der Waals surface area contributed by atoms with Crippen molar-refractivity contribution in [1.29, 1.82) is 0 Å². The van der Waals surface area contributed by atoms with Crippen molar-refractivity contribution >= 4 is 0 Å². The van der Waals surface area contributed by atoms with E-state index >= 15 is 0 Å². The number of allylic oxidation sites excluding steroid dienone is 4. The van der Waals surface area contributed by atoms with Crippen LogP contribution in [-0.4, -0.2) is 7.11 Å². The first-order valence-corrected chi connectivity index (χ1v) is 4.82. The summed E-state index contributed by atoms with van der Waals surface area (Å²) in [5.41, 5.74) is 6.87. The average molecular weight is 181 g/mol. The van der Waals surface area contributed by atoms with Crippen molar-refractivity contribution in [3.8, 4) is 0 Å². The van der Waals surface area contributed by atoms with Gasteiger partial charge in [-0.2, -0.15) is 0 Å². The lowest BCUT2D eigenvalue weighted by Crippen LogP contribution is -2.10. The lowest BCUT2D eigenvalue weighted by atomic mass is 9.94. The normalized spacial score (nSPS) is 29.8. The van der Waals surface area contributed by atoms with Gasteiger partial charge in [-0.25, -0.2) is 0 Å². The first kappa shape index (κ1) is 10.2. The van der Waals surface area contributed by atoms with Gasteiger partial charge in [-0.05, 0) is 24.3 Å². The van der Waals surface area contributed by atoms with Gasteiger partial charge in [0.2, 0.25) is 0 Å². The first-order chi connectivity index (χ1) is 6.11. The highest BCUT2D eigenvalue weighted by Gasteiger charge is 2.12. The Morgan fingerprint density at radius 3 is 2.62 bits per heavy atom. The molecule has 0 saturated carbocycles. The number of methoxy groups -OCH3 is 1. The molecule has 2 nitrogen and oxygen atoms in total. The Labute approximate surface area is 80.5 Å². The fourth-order valence-corrected chi connectivity index (χ4v) is 1.78. The minimum absolute atomic E-state index is 0.391. The van der Waals surface area contributed by atoms with Gasteiger partial charge >= 0.3 is 0 Å². The third-order valence-corrected chi connectivity index (χ3v) is 2.32. The van der Waals surface area contributed by atoms with E-state index in [1.54, 1.807) is 7.11 Å². The van der Waals surface area contributed by atoms with Crippen LogP contribution in [0.2, 0.25) is 0 Å². The van der Waals surface area contributed by atoms with Gasteiger partial charge in [0.15, 0.2) is 0 Å². The molecule has 0 aliphatic heterocycles. The second kappa shape index (κ2) is 4.35. The van der Waals surface area contributed by atoms with Crippen LogP contribution >= 0.6 is 0 Å². The van der Waals surface area contributed by atoms with E-state index in [-0.39, 0.29) is 0 Å². The molecule has 0 spiro atoms. The van der Waals surface area contributed by atoms with E-state index in [4.69, 9.17) is 10.5 Å². The molecule has 1 aliphatic rings. The Balaban J connectivity index is 2.79. The van der Waals surface area contributed by atoms with Gasteiger partial charge in [-0.1, -0.05) is 19.9 Å². The van der Waals surface area contributed by atoms with Gasteiger partial charge in [-0.15, -0.1) is 0 Å². The molecule has 0 saturated heterocycles. The Morgan fingerprint density at radius 1 is 1.31 bits per heavy atom. The van der Waals surface area contributed by atoms with Crippen LogP contribution < -0.4 is 5.73 Å². The summed E-state index contributed by atoms with van der Waals surface area (Å²) in [4.78, 5) is 0. The molecule has 0 aromatic rings. The second-order valence-corrected chi connectivity index (χ2v) is 3.95. The molecule has 0 aromatic heterocycles. The molecule has 0 heterocycles. The standard InChI is InChI=1S/C11H19NO/c1-8-4-10(12)5-9(2)7-11(6-8)13-3/h4,6,8-9H,5,7,12H2,1-3H3. The molecular weight excluding hydrogens is 162 g/mol. The van der Waals surface area contributed by atoms with E-state index in [0.29, 0.717) is 11.8 Å². The van der Waals surface area contributed by atoms with Crippen molar-refractivity contribution in [2.75, 3.05) is 7.11 Å². The minimum atomic E-state index is 0.391. The number of rotatable bonds is 1. The van der Waals surface area contributed by atoms with E-state index in [1.807, 2.05) is 0 Å². The number of nitrogens with two attached hydrogens (primary N) is 1. The molecule has 1 aliphatic carbocycles. The van der Waals surface area contributed by atoms with Gasteiger partial charge in [-0.3, -0.25) is 0 Å². The van der Waals surface area contributed by atoms with Crippen LogP contribution in [0.3, 0.4) is 0 Å². The zero-order valence-corrected chi connectivity index (χ0v) is 8.71. The van der Waals surface area contributed by atoms with Crippen molar-refractivity contribution in [3.05, 3.63) is 23.6 Å². The molecule has 2 N–H and O–H groups in total. The Morgan fingerprint density at radius 2 is 2.00 bits per heavy atom. The van der Waals surface area contributed by atoms with Crippen molar-refractivity contribution < 1.29 is 4.74 Å². The predicted molar refractivity (Wildman–Crippen MR) is 54.9 cm³/mol. The summed E-state index contributed by atoms with van der Waals surface area (Å²) in [6, 6.07) is 0. The highest BCUT2D eigenvalue weighted by molar-refractivity contribution is 5.11. The molecule has 0 amide bonds.